The summed E-state index contributed by atoms with van der Waals surface area (Å²) in [6.07, 6.45) is 2.77. The highest BCUT2D eigenvalue weighted by Crippen LogP contribution is 2.32. The Balaban J connectivity index is 1.66. The molecule has 0 aliphatic carbocycles. The van der Waals surface area contributed by atoms with Crippen molar-refractivity contribution < 1.29 is 19.4 Å². The van der Waals surface area contributed by atoms with Crippen molar-refractivity contribution in [3.8, 4) is 5.75 Å². The fraction of sp³-hybridized carbons (Fsp3) is 0.200. The number of carboxylic acid groups (broad SMARTS) is 1. The van der Waals surface area contributed by atoms with Crippen LogP contribution in [0.25, 0.3) is 6.08 Å². The van der Waals surface area contributed by atoms with E-state index in [4.69, 9.17) is 9.84 Å². The molecule has 0 unspecified atom stereocenters. The number of rotatable bonds is 7. The lowest BCUT2D eigenvalue weighted by atomic mass is 10.1. The van der Waals surface area contributed by atoms with Gasteiger partial charge in [0.15, 0.2) is 12.1 Å². The van der Waals surface area contributed by atoms with E-state index in [-0.39, 0.29) is 11.4 Å². The minimum Gasteiger partial charge on any atom is -0.481 e. The summed E-state index contributed by atoms with van der Waals surface area (Å²) in [6.45, 7) is 1.69. The topological polar surface area (TPSA) is 87.7 Å². The molecule has 0 spiro atoms. The lowest BCUT2D eigenvalue weighted by Gasteiger charge is -2.12. The molecule has 1 fully saturated rings. The van der Waals surface area contributed by atoms with Crippen LogP contribution in [0.3, 0.4) is 0 Å². The Kier molecular flexibility index (Phi) is 6.64. The molecule has 1 aliphatic heterocycles. The van der Waals surface area contributed by atoms with E-state index in [0.717, 1.165) is 17.7 Å². The number of nitrogens with one attached hydrogen (secondary N) is 2. The quantitative estimate of drug-likeness (QED) is 0.537. The molecule has 3 N–H and O–H groups in total. The zero-order valence-electron chi connectivity index (χ0n) is 15.1. The summed E-state index contributed by atoms with van der Waals surface area (Å²) in [5.74, 6) is -0.752. The Bertz CT molecular complexity index is 915. The number of carbonyl (C=O) groups excluding carboxylic acids is 1. The van der Waals surface area contributed by atoms with Gasteiger partial charge in [-0.25, -0.2) is 4.79 Å². The van der Waals surface area contributed by atoms with Gasteiger partial charge in [-0.05, 0) is 63.8 Å². The van der Waals surface area contributed by atoms with E-state index >= 15 is 0 Å². The van der Waals surface area contributed by atoms with E-state index in [2.05, 4.69) is 45.6 Å². The summed E-state index contributed by atoms with van der Waals surface area (Å²) in [4.78, 5) is 23.5. The van der Waals surface area contributed by atoms with Gasteiger partial charge in [-0.1, -0.05) is 36.9 Å². The van der Waals surface area contributed by atoms with Gasteiger partial charge in [0.05, 0.1) is 9.38 Å². The number of hydrogen-bond donors (Lipinski definition) is 3. The Hall–Kier alpha value is -2.45. The van der Waals surface area contributed by atoms with Gasteiger partial charge < -0.3 is 20.5 Å². The predicted molar refractivity (Wildman–Crippen MR) is 114 cm³/mol. The first-order valence-electron chi connectivity index (χ1n) is 8.63. The van der Waals surface area contributed by atoms with Gasteiger partial charge in [-0.15, -0.1) is 0 Å². The summed E-state index contributed by atoms with van der Waals surface area (Å²) in [5.41, 5.74) is 2.77. The number of carbonyl (C=O) groups is 2. The molecule has 1 aliphatic rings. The van der Waals surface area contributed by atoms with Crippen LogP contribution in [0.15, 0.2) is 51.8 Å². The van der Waals surface area contributed by atoms with E-state index in [1.54, 1.807) is 24.3 Å². The summed E-state index contributed by atoms with van der Waals surface area (Å²) in [7, 11) is 0. The molecule has 1 saturated heterocycles. The molecule has 0 aromatic heterocycles. The molecule has 6 nitrogen and oxygen atoms in total. The molecule has 1 amide bonds. The molecule has 0 bridgehead atoms. The SMILES string of the molecule is CCc1ccc(N[C@@H]2NC(=O)/C(=C/c3ccc(OCC(=O)O)c(Br)c3)S2)cc1. The van der Waals surface area contributed by atoms with Crippen LogP contribution in [0.2, 0.25) is 0 Å². The molecule has 1 atom stereocenters. The largest absolute Gasteiger partial charge is 0.481 e. The second-order valence-corrected chi connectivity index (χ2v) is 8.05. The van der Waals surface area contributed by atoms with Gasteiger partial charge in [0.2, 0.25) is 0 Å². The van der Waals surface area contributed by atoms with Crippen LogP contribution in [-0.2, 0) is 16.0 Å². The third-order valence-corrected chi connectivity index (χ3v) is 5.64. The Labute approximate surface area is 175 Å². The number of amides is 1. The highest BCUT2D eigenvalue weighted by molar-refractivity contribution is 9.10. The number of thioether (sulfide) groups is 1. The summed E-state index contributed by atoms with van der Waals surface area (Å²) >= 11 is 4.77. The molecule has 146 valence electrons. The zero-order valence-corrected chi connectivity index (χ0v) is 17.5. The first-order valence-corrected chi connectivity index (χ1v) is 10.3. The predicted octanol–water partition coefficient (Wildman–Crippen LogP) is 4.07. The van der Waals surface area contributed by atoms with Crippen molar-refractivity contribution >= 4 is 51.3 Å². The van der Waals surface area contributed by atoms with E-state index < -0.39 is 12.6 Å². The van der Waals surface area contributed by atoms with Crippen molar-refractivity contribution in [3.05, 3.63) is 63.0 Å². The van der Waals surface area contributed by atoms with Gasteiger partial charge in [0.25, 0.3) is 5.91 Å². The number of ether oxygens (including phenoxy) is 1. The minimum atomic E-state index is -1.04. The second kappa shape index (κ2) is 9.16. The average molecular weight is 463 g/mol. The van der Waals surface area contributed by atoms with Crippen molar-refractivity contribution in [1.82, 2.24) is 5.32 Å². The molecule has 2 aromatic rings. The standard InChI is InChI=1S/C20H19BrN2O4S/c1-2-12-3-6-14(7-4-12)22-20-23-19(26)17(28-20)10-13-5-8-16(15(21)9-13)27-11-18(24)25/h3-10,20,22H,2,11H2,1H3,(H,23,26)(H,24,25)/b17-10-/t20-/m1/s1. The summed E-state index contributed by atoms with van der Waals surface area (Å²) in [5, 5.41) is 14.9. The summed E-state index contributed by atoms with van der Waals surface area (Å²) < 4.78 is 5.81. The molecular weight excluding hydrogens is 444 g/mol. The maximum Gasteiger partial charge on any atom is 0.341 e. The first-order chi connectivity index (χ1) is 13.4. The van der Waals surface area contributed by atoms with Gasteiger partial charge in [0, 0.05) is 5.69 Å². The second-order valence-electron chi connectivity index (χ2n) is 6.05. The lowest BCUT2D eigenvalue weighted by Crippen LogP contribution is -2.30. The first kappa shape index (κ1) is 20.3. The number of hydrogen-bond acceptors (Lipinski definition) is 5. The molecule has 8 heteroatoms. The van der Waals surface area contributed by atoms with Crippen LogP contribution in [0, 0.1) is 0 Å². The Morgan fingerprint density at radius 3 is 2.71 bits per heavy atom. The van der Waals surface area contributed by atoms with Crippen LogP contribution in [-0.4, -0.2) is 29.1 Å². The highest BCUT2D eigenvalue weighted by Gasteiger charge is 2.27. The third-order valence-electron chi connectivity index (χ3n) is 4.00. The van der Waals surface area contributed by atoms with Crippen LogP contribution >= 0.6 is 27.7 Å². The number of carboxylic acids is 1. The third kappa shape index (κ3) is 5.30. The maximum absolute atomic E-state index is 12.3. The van der Waals surface area contributed by atoms with Crippen molar-refractivity contribution in [2.45, 2.75) is 18.8 Å². The van der Waals surface area contributed by atoms with Crippen molar-refractivity contribution in [3.63, 3.8) is 0 Å². The molecule has 28 heavy (non-hydrogen) atoms. The van der Waals surface area contributed by atoms with E-state index in [1.165, 1.54) is 17.3 Å². The number of anilines is 1. The van der Waals surface area contributed by atoms with Crippen LogP contribution in [0.4, 0.5) is 5.69 Å². The maximum atomic E-state index is 12.3. The van der Waals surface area contributed by atoms with Crippen LogP contribution < -0.4 is 15.4 Å². The number of aryl methyl sites for hydroxylation is 1. The molecule has 1 heterocycles. The van der Waals surface area contributed by atoms with Gasteiger partial charge in [0.1, 0.15) is 5.75 Å². The number of benzene rings is 2. The average Bonchev–Trinajstić information content (AvgIpc) is 3.00. The zero-order chi connectivity index (χ0) is 20.1. The Morgan fingerprint density at radius 2 is 2.07 bits per heavy atom. The van der Waals surface area contributed by atoms with Crippen LogP contribution in [0.5, 0.6) is 5.75 Å². The van der Waals surface area contributed by atoms with Crippen molar-refractivity contribution in [2.24, 2.45) is 0 Å². The van der Waals surface area contributed by atoms with Gasteiger partial charge in [-0.2, -0.15) is 0 Å². The lowest BCUT2D eigenvalue weighted by molar-refractivity contribution is -0.139. The fourth-order valence-electron chi connectivity index (χ4n) is 2.57. The molecular formula is C20H19BrN2O4S. The van der Waals surface area contributed by atoms with E-state index in [0.29, 0.717) is 15.1 Å². The molecule has 0 saturated carbocycles. The molecule has 3 rings (SSSR count). The van der Waals surface area contributed by atoms with Crippen molar-refractivity contribution in [1.29, 1.82) is 0 Å². The number of aliphatic carboxylic acids is 1. The van der Waals surface area contributed by atoms with Gasteiger partial charge >= 0.3 is 5.97 Å². The van der Waals surface area contributed by atoms with Crippen molar-refractivity contribution in [2.75, 3.05) is 11.9 Å². The minimum absolute atomic E-state index is 0.144. The normalized spacial score (nSPS) is 17.4. The smallest absolute Gasteiger partial charge is 0.341 e. The highest BCUT2D eigenvalue weighted by atomic mass is 79.9. The van der Waals surface area contributed by atoms with E-state index in [1.807, 2.05) is 12.1 Å². The molecule has 2 aromatic carbocycles. The molecule has 0 radical (unpaired) electrons. The number of halogens is 1. The van der Waals surface area contributed by atoms with Gasteiger partial charge in [-0.3, -0.25) is 4.79 Å². The monoisotopic (exact) mass is 462 g/mol. The van der Waals surface area contributed by atoms with Crippen LogP contribution in [0.1, 0.15) is 18.1 Å². The van der Waals surface area contributed by atoms with E-state index in [9.17, 15) is 9.59 Å². The Morgan fingerprint density at radius 1 is 1.32 bits per heavy atom. The fourth-order valence-corrected chi connectivity index (χ4v) is 4.06. The summed E-state index contributed by atoms with van der Waals surface area (Å²) in [6, 6.07) is 13.3.